The molecule has 0 aliphatic rings. The summed E-state index contributed by atoms with van der Waals surface area (Å²) in [7, 11) is 1.57. The predicted molar refractivity (Wildman–Crippen MR) is 140 cm³/mol. The zero-order chi connectivity index (χ0) is 25.2. The maximum atomic E-state index is 13.4. The van der Waals surface area contributed by atoms with Crippen molar-refractivity contribution in [2.75, 3.05) is 12.4 Å². The third-order valence-electron chi connectivity index (χ3n) is 5.75. The highest BCUT2D eigenvalue weighted by molar-refractivity contribution is 7.18. The Labute approximate surface area is 215 Å². The monoisotopic (exact) mass is 517 g/mol. The SMILES string of the molecule is COc1ccc2c(c1)c(CC(=O)Nc1nnc(-c3cccnc3)s1)c(C)n2C(=O)c1ccc(Cl)cc1. The van der Waals surface area contributed by atoms with Gasteiger partial charge in [0.15, 0.2) is 5.01 Å². The lowest BCUT2D eigenvalue weighted by molar-refractivity contribution is -0.115. The lowest BCUT2D eigenvalue weighted by Gasteiger charge is -2.08. The van der Waals surface area contributed by atoms with Crippen molar-refractivity contribution >= 4 is 50.8 Å². The van der Waals surface area contributed by atoms with Gasteiger partial charge in [-0.2, -0.15) is 0 Å². The van der Waals surface area contributed by atoms with Crippen LogP contribution in [0.1, 0.15) is 21.6 Å². The van der Waals surface area contributed by atoms with Gasteiger partial charge in [0.1, 0.15) is 5.75 Å². The van der Waals surface area contributed by atoms with Crippen LogP contribution >= 0.6 is 22.9 Å². The number of ether oxygens (including phenoxy) is 1. The number of benzene rings is 2. The van der Waals surface area contributed by atoms with E-state index < -0.39 is 0 Å². The van der Waals surface area contributed by atoms with Crippen LogP contribution < -0.4 is 10.1 Å². The van der Waals surface area contributed by atoms with Gasteiger partial charge in [-0.25, -0.2) is 0 Å². The number of methoxy groups -OCH3 is 1. The van der Waals surface area contributed by atoms with Crippen LogP contribution in [0.15, 0.2) is 67.0 Å². The molecule has 0 spiro atoms. The highest BCUT2D eigenvalue weighted by Gasteiger charge is 2.22. The van der Waals surface area contributed by atoms with Gasteiger partial charge in [0.05, 0.1) is 19.0 Å². The first-order chi connectivity index (χ1) is 17.4. The zero-order valence-electron chi connectivity index (χ0n) is 19.4. The van der Waals surface area contributed by atoms with Crippen LogP contribution in [0, 0.1) is 6.92 Å². The summed E-state index contributed by atoms with van der Waals surface area (Å²) in [5.41, 5.74) is 3.39. The molecule has 36 heavy (non-hydrogen) atoms. The van der Waals surface area contributed by atoms with Gasteiger partial charge in [-0.1, -0.05) is 22.9 Å². The average molecular weight is 518 g/mol. The number of amides is 1. The minimum Gasteiger partial charge on any atom is -0.497 e. The minimum atomic E-state index is -0.271. The molecule has 1 N–H and O–H groups in total. The molecule has 2 aromatic carbocycles. The number of carbonyl (C=O) groups is 2. The third-order valence-corrected chi connectivity index (χ3v) is 6.89. The number of nitrogens with one attached hydrogen (secondary N) is 1. The van der Waals surface area contributed by atoms with Crippen LogP contribution in [0.4, 0.5) is 5.13 Å². The summed E-state index contributed by atoms with van der Waals surface area (Å²) in [6.07, 6.45) is 3.41. The summed E-state index contributed by atoms with van der Waals surface area (Å²) in [6.45, 7) is 1.83. The minimum absolute atomic E-state index is 0.0399. The van der Waals surface area contributed by atoms with Crippen LogP contribution in [-0.4, -0.2) is 38.7 Å². The highest BCUT2D eigenvalue weighted by atomic mass is 35.5. The Morgan fingerprint density at radius 3 is 2.64 bits per heavy atom. The topological polar surface area (TPSA) is 99.0 Å². The van der Waals surface area contributed by atoms with Crippen LogP contribution in [0.2, 0.25) is 5.02 Å². The van der Waals surface area contributed by atoms with Crippen molar-refractivity contribution in [1.29, 1.82) is 0 Å². The first kappa shape index (κ1) is 23.7. The Morgan fingerprint density at radius 2 is 1.92 bits per heavy atom. The fourth-order valence-electron chi connectivity index (χ4n) is 4.00. The van der Waals surface area contributed by atoms with Gasteiger partial charge in [-0.05, 0) is 67.1 Å². The van der Waals surface area contributed by atoms with Crippen molar-refractivity contribution in [2.24, 2.45) is 0 Å². The molecular weight excluding hydrogens is 498 g/mol. The van der Waals surface area contributed by atoms with Crippen molar-refractivity contribution in [2.45, 2.75) is 13.3 Å². The van der Waals surface area contributed by atoms with Gasteiger partial charge in [0.25, 0.3) is 5.91 Å². The number of pyridine rings is 1. The summed E-state index contributed by atoms with van der Waals surface area (Å²) in [6, 6.07) is 15.9. The van der Waals surface area contributed by atoms with E-state index in [-0.39, 0.29) is 18.2 Å². The molecule has 3 aromatic heterocycles. The molecule has 0 aliphatic carbocycles. The normalized spacial score (nSPS) is 11.0. The van der Waals surface area contributed by atoms with Gasteiger partial charge < -0.3 is 10.1 Å². The fourth-order valence-corrected chi connectivity index (χ4v) is 4.88. The molecule has 0 saturated heterocycles. The van der Waals surface area contributed by atoms with E-state index in [1.807, 2.05) is 31.2 Å². The molecule has 0 fully saturated rings. The number of halogens is 1. The summed E-state index contributed by atoms with van der Waals surface area (Å²) in [5.74, 6) is 0.148. The molecule has 10 heteroatoms. The van der Waals surface area contributed by atoms with Gasteiger partial charge in [-0.3, -0.25) is 19.1 Å². The number of anilines is 1. The Balaban J connectivity index is 1.47. The van der Waals surface area contributed by atoms with E-state index in [0.717, 1.165) is 16.5 Å². The fraction of sp³-hybridized carbons (Fsp3) is 0.115. The maximum Gasteiger partial charge on any atom is 0.262 e. The first-order valence-electron chi connectivity index (χ1n) is 11.0. The number of aromatic nitrogens is 4. The second-order valence-electron chi connectivity index (χ2n) is 7.97. The van der Waals surface area contributed by atoms with Gasteiger partial charge >= 0.3 is 0 Å². The zero-order valence-corrected chi connectivity index (χ0v) is 20.9. The number of rotatable bonds is 6. The molecule has 5 aromatic rings. The molecule has 8 nitrogen and oxygen atoms in total. The second kappa shape index (κ2) is 9.88. The predicted octanol–water partition coefficient (Wildman–Crippen LogP) is 5.39. The van der Waals surface area contributed by atoms with E-state index in [4.69, 9.17) is 16.3 Å². The van der Waals surface area contributed by atoms with E-state index in [1.54, 1.807) is 54.4 Å². The van der Waals surface area contributed by atoms with Gasteiger partial charge in [-0.15, -0.1) is 10.2 Å². The number of fused-ring (bicyclic) bond motifs is 1. The molecule has 0 saturated carbocycles. The number of carbonyl (C=O) groups excluding carboxylic acids is 2. The average Bonchev–Trinajstić information content (AvgIpc) is 3.46. The molecule has 0 radical (unpaired) electrons. The summed E-state index contributed by atoms with van der Waals surface area (Å²) >= 11 is 7.26. The summed E-state index contributed by atoms with van der Waals surface area (Å²) < 4.78 is 7.02. The molecule has 3 heterocycles. The molecule has 1 amide bonds. The molecule has 0 bridgehead atoms. The van der Waals surface area contributed by atoms with Gasteiger partial charge in [0.2, 0.25) is 11.0 Å². The maximum absolute atomic E-state index is 13.4. The van der Waals surface area contributed by atoms with Crippen molar-refractivity contribution in [3.8, 4) is 16.3 Å². The van der Waals surface area contributed by atoms with Crippen molar-refractivity contribution in [3.05, 3.63) is 88.8 Å². The Bertz CT molecular complexity index is 1580. The largest absolute Gasteiger partial charge is 0.497 e. The van der Waals surface area contributed by atoms with Crippen molar-refractivity contribution < 1.29 is 14.3 Å². The summed E-state index contributed by atoms with van der Waals surface area (Å²) in [5, 5.41) is 13.4. The van der Waals surface area contributed by atoms with E-state index >= 15 is 0 Å². The molecular formula is C26H20ClN5O3S. The summed E-state index contributed by atoms with van der Waals surface area (Å²) in [4.78, 5) is 30.6. The Morgan fingerprint density at radius 1 is 1.11 bits per heavy atom. The Hall–Kier alpha value is -4.08. The van der Waals surface area contributed by atoms with Gasteiger partial charge in [0, 0.05) is 39.6 Å². The standard InChI is InChI=1S/C26H20ClN5O3S/c1-15-20(13-23(33)29-26-31-30-24(36-26)17-4-3-11-28-14-17)21-12-19(35-2)9-10-22(21)32(15)25(34)16-5-7-18(27)8-6-16/h3-12,14H,13H2,1-2H3,(H,29,31,33). The molecule has 0 unspecified atom stereocenters. The second-order valence-corrected chi connectivity index (χ2v) is 9.39. The van der Waals surface area contributed by atoms with Crippen LogP contribution in [0.5, 0.6) is 5.75 Å². The molecule has 5 rings (SSSR count). The van der Waals surface area contributed by atoms with Crippen LogP contribution in [0.25, 0.3) is 21.5 Å². The van der Waals surface area contributed by atoms with E-state index in [9.17, 15) is 9.59 Å². The van der Waals surface area contributed by atoms with Crippen LogP contribution in [-0.2, 0) is 11.2 Å². The molecule has 180 valence electrons. The van der Waals surface area contributed by atoms with E-state index in [0.29, 0.717) is 37.7 Å². The lowest BCUT2D eigenvalue weighted by atomic mass is 10.1. The highest BCUT2D eigenvalue weighted by Crippen LogP contribution is 2.31. The number of hydrogen-bond acceptors (Lipinski definition) is 7. The smallest absolute Gasteiger partial charge is 0.262 e. The first-order valence-corrected chi connectivity index (χ1v) is 12.2. The molecule has 0 aliphatic heterocycles. The Kier molecular flexibility index (Phi) is 6.49. The van der Waals surface area contributed by atoms with Crippen molar-refractivity contribution in [1.82, 2.24) is 19.7 Å². The third kappa shape index (κ3) is 4.58. The van der Waals surface area contributed by atoms with E-state index in [2.05, 4.69) is 20.5 Å². The number of hydrogen-bond donors (Lipinski definition) is 1. The quantitative estimate of drug-likeness (QED) is 0.324. The van der Waals surface area contributed by atoms with Crippen LogP contribution in [0.3, 0.4) is 0 Å². The van der Waals surface area contributed by atoms with Crippen molar-refractivity contribution in [3.63, 3.8) is 0 Å². The molecule has 0 atom stereocenters. The van der Waals surface area contributed by atoms with E-state index in [1.165, 1.54) is 11.3 Å². The number of nitrogens with zero attached hydrogens (tertiary/aromatic N) is 4. The lowest BCUT2D eigenvalue weighted by Crippen LogP contribution is -2.16.